The summed E-state index contributed by atoms with van der Waals surface area (Å²) < 4.78 is 0. The molecule has 2 amide bonds. The van der Waals surface area contributed by atoms with Gasteiger partial charge in [0.15, 0.2) is 0 Å². The van der Waals surface area contributed by atoms with E-state index in [1.807, 2.05) is 0 Å². The lowest BCUT2D eigenvalue weighted by Gasteiger charge is -2.07. The van der Waals surface area contributed by atoms with Crippen molar-refractivity contribution in [3.8, 4) is 5.75 Å². The molecule has 0 aliphatic carbocycles. The first kappa shape index (κ1) is 16.5. The van der Waals surface area contributed by atoms with E-state index < -0.39 is 11.9 Å². The van der Waals surface area contributed by atoms with Crippen molar-refractivity contribution in [1.29, 1.82) is 0 Å². The first-order chi connectivity index (χ1) is 9.90. The average Bonchev–Trinajstić information content (AvgIpc) is 2.37. The van der Waals surface area contributed by atoms with E-state index in [1.54, 1.807) is 13.0 Å². The van der Waals surface area contributed by atoms with Crippen LogP contribution in [0.1, 0.15) is 28.8 Å². The Morgan fingerprint density at radius 3 is 2.38 bits per heavy atom. The molecule has 0 aliphatic heterocycles. The number of nitrogens with one attached hydrogen (secondary N) is 2. The predicted molar refractivity (Wildman–Crippen MR) is 75.1 cm³/mol. The molecule has 21 heavy (non-hydrogen) atoms. The Kier molecular flexibility index (Phi) is 6.19. The molecule has 0 fully saturated rings. The Labute approximate surface area is 122 Å². The molecule has 0 bridgehead atoms. The van der Waals surface area contributed by atoms with Crippen molar-refractivity contribution in [2.24, 2.45) is 0 Å². The number of phenols is 1. The number of aromatic hydroxyl groups is 1. The molecule has 1 rings (SSSR count). The van der Waals surface area contributed by atoms with E-state index >= 15 is 0 Å². The third kappa shape index (κ3) is 5.94. The molecule has 4 N–H and O–H groups in total. The van der Waals surface area contributed by atoms with Crippen LogP contribution in [-0.4, -0.2) is 41.1 Å². The van der Waals surface area contributed by atoms with Gasteiger partial charge in [-0.25, -0.2) is 0 Å². The standard InChI is InChI=1S/C14H18N2O5/c1-9-2-3-10(11(17)8-9)14(21)16-6-4-12(18)15-7-5-13(19)20/h2-3,8,17H,4-7H2,1H3,(H,15,18)(H,16,21)(H,19,20). The summed E-state index contributed by atoms with van der Waals surface area (Å²) in [6, 6.07) is 4.69. The van der Waals surface area contributed by atoms with Gasteiger partial charge in [-0.3, -0.25) is 14.4 Å². The smallest absolute Gasteiger partial charge is 0.305 e. The fourth-order valence-corrected chi connectivity index (χ4v) is 1.62. The second kappa shape index (κ2) is 7.88. The first-order valence-electron chi connectivity index (χ1n) is 6.46. The molecule has 0 aromatic heterocycles. The summed E-state index contributed by atoms with van der Waals surface area (Å²) in [4.78, 5) is 33.4. The highest BCUT2D eigenvalue weighted by atomic mass is 16.4. The number of aryl methyl sites for hydroxylation is 1. The van der Waals surface area contributed by atoms with Crippen LogP contribution < -0.4 is 10.6 Å². The molecule has 114 valence electrons. The second-order valence-electron chi connectivity index (χ2n) is 4.52. The molecule has 0 aliphatic rings. The van der Waals surface area contributed by atoms with Crippen LogP contribution in [0.4, 0.5) is 0 Å². The van der Waals surface area contributed by atoms with E-state index in [-0.39, 0.29) is 43.2 Å². The number of phenolic OH excluding ortho intramolecular Hbond substituents is 1. The Morgan fingerprint density at radius 1 is 1.10 bits per heavy atom. The lowest BCUT2D eigenvalue weighted by molar-refractivity contribution is -0.136. The minimum Gasteiger partial charge on any atom is -0.507 e. The third-order valence-corrected chi connectivity index (χ3v) is 2.70. The molecule has 0 unspecified atom stereocenters. The summed E-state index contributed by atoms with van der Waals surface area (Å²) in [7, 11) is 0. The van der Waals surface area contributed by atoms with Gasteiger partial charge in [-0.2, -0.15) is 0 Å². The van der Waals surface area contributed by atoms with Gasteiger partial charge in [-0.1, -0.05) is 6.07 Å². The van der Waals surface area contributed by atoms with Gasteiger partial charge in [0.25, 0.3) is 5.91 Å². The van der Waals surface area contributed by atoms with Crippen molar-refractivity contribution < 1.29 is 24.6 Å². The molecule has 0 radical (unpaired) electrons. The molecule has 0 heterocycles. The minimum atomic E-state index is -0.988. The Balaban J connectivity index is 2.33. The monoisotopic (exact) mass is 294 g/mol. The molecular formula is C14H18N2O5. The number of carbonyl (C=O) groups is 3. The molecule has 1 aromatic rings. The topological polar surface area (TPSA) is 116 Å². The zero-order chi connectivity index (χ0) is 15.8. The predicted octanol–water partition coefficient (Wildman–Crippen LogP) is 0.411. The van der Waals surface area contributed by atoms with Crippen LogP contribution in [0.2, 0.25) is 0 Å². The second-order valence-corrected chi connectivity index (χ2v) is 4.52. The number of benzene rings is 1. The molecule has 7 nitrogen and oxygen atoms in total. The largest absolute Gasteiger partial charge is 0.507 e. The van der Waals surface area contributed by atoms with Crippen molar-refractivity contribution in [3.05, 3.63) is 29.3 Å². The molecule has 0 saturated carbocycles. The van der Waals surface area contributed by atoms with Crippen LogP contribution in [0.25, 0.3) is 0 Å². The fraction of sp³-hybridized carbons (Fsp3) is 0.357. The number of hydrogen-bond acceptors (Lipinski definition) is 4. The number of hydrogen-bond donors (Lipinski definition) is 4. The van der Waals surface area contributed by atoms with Gasteiger partial charge < -0.3 is 20.8 Å². The summed E-state index contributed by atoms with van der Waals surface area (Å²) in [5.41, 5.74) is 0.980. The number of amides is 2. The highest BCUT2D eigenvalue weighted by Crippen LogP contribution is 2.17. The molecule has 0 saturated heterocycles. The van der Waals surface area contributed by atoms with E-state index in [9.17, 15) is 19.5 Å². The molecule has 1 aromatic carbocycles. The quantitative estimate of drug-likeness (QED) is 0.581. The molecular weight excluding hydrogens is 276 g/mol. The SMILES string of the molecule is Cc1ccc(C(=O)NCCC(=O)NCCC(=O)O)c(O)c1. The Hall–Kier alpha value is -2.57. The van der Waals surface area contributed by atoms with Crippen LogP contribution in [-0.2, 0) is 9.59 Å². The first-order valence-corrected chi connectivity index (χ1v) is 6.46. The molecule has 0 atom stereocenters. The zero-order valence-corrected chi connectivity index (χ0v) is 11.7. The Morgan fingerprint density at radius 2 is 1.76 bits per heavy atom. The van der Waals surface area contributed by atoms with E-state index in [4.69, 9.17) is 5.11 Å². The summed E-state index contributed by atoms with van der Waals surface area (Å²) >= 11 is 0. The van der Waals surface area contributed by atoms with Gasteiger partial charge in [0, 0.05) is 19.5 Å². The fourth-order valence-electron chi connectivity index (χ4n) is 1.62. The lowest BCUT2D eigenvalue weighted by Crippen LogP contribution is -2.31. The van der Waals surface area contributed by atoms with Crippen LogP contribution in [0.5, 0.6) is 5.75 Å². The highest BCUT2D eigenvalue weighted by molar-refractivity contribution is 5.97. The van der Waals surface area contributed by atoms with Crippen molar-refractivity contribution in [2.45, 2.75) is 19.8 Å². The van der Waals surface area contributed by atoms with Gasteiger partial charge in [0.1, 0.15) is 5.75 Å². The summed E-state index contributed by atoms with van der Waals surface area (Å²) in [5, 5.41) is 23.0. The summed E-state index contributed by atoms with van der Waals surface area (Å²) in [6.07, 6.45) is -0.104. The van der Waals surface area contributed by atoms with Gasteiger partial charge >= 0.3 is 5.97 Å². The minimum absolute atomic E-state index is 0.0397. The maximum Gasteiger partial charge on any atom is 0.305 e. The Bertz CT molecular complexity index is 542. The van der Waals surface area contributed by atoms with E-state index in [1.165, 1.54) is 12.1 Å². The van der Waals surface area contributed by atoms with Gasteiger partial charge in [-0.15, -0.1) is 0 Å². The normalized spacial score (nSPS) is 9.95. The average molecular weight is 294 g/mol. The lowest BCUT2D eigenvalue weighted by atomic mass is 10.1. The number of carboxylic acids is 1. The van der Waals surface area contributed by atoms with Crippen LogP contribution in [0.15, 0.2) is 18.2 Å². The van der Waals surface area contributed by atoms with E-state index in [0.717, 1.165) is 5.56 Å². The summed E-state index contributed by atoms with van der Waals surface area (Å²) in [6.45, 7) is 1.95. The van der Waals surface area contributed by atoms with Crippen molar-refractivity contribution in [3.63, 3.8) is 0 Å². The van der Waals surface area contributed by atoms with Crippen LogP contribution >= 0.6 is 0 Å². The highest BCUT2D eigenvalue weighted by Gasteiger charge is 2.11. The van der Waals surface area contributed by atoms with Crippen molar-refractivity contribution in [2.75, 3.05) is 13.1 Å². The maximum absolute atomic E-state index is 11.8. The summed E-state index contributed by atoms with van der Waals surface area (Å²) in [5.74, 6) is -1.91. The van der Waals surface area contributed by atoms with Crippen LogP contribution in [0.3, 0.4) is 0 Å². The third-order valence-electron chi connectivity index (χ3n) is 2.70. The molecule has 0 spiro atoms. The van der Waals surface area contributed by atoms with E-state index in [0.29, 0.717) is 0 Å². The van der Waals surface area contributed by atoms with Crippen molar-refractivity contribution in [1.82, 2.24) is 10.6 Å². The van der Waals surface area contributed by atoms with Gasteiger partial charge in [0.2, 0.25) is 5.91 Å². The number of carbonyl (C=O) groups excluding carboxylic acids is 2. The number of rotatable bonds is 7. The number of carboxylic acid groups (broad SMARTS) is 1. The van der Waals surface area contributed by atoms with Crippen molar-refractivity contribution >= 4 is 17.8 Å². The van der Waals surface area contributed by atoms with E-state index in [2.05, 4.69) is 10.6 Å². The molecule has 7 heteroatoms. The van der Waals surface area contributed by atoms with Gasteiger partial charge in [-0.05, 0) is 24.6 Å². The zero-order valence-electron chi connectivity index (χ0n) is 11.7. The maximum atomic E-state index is 11.8. The number of aliphatic carboxylic acids is 1. The van der Waals surface area contributed by atoms with Crippen LogP contribution in [0, 0.1) is 6.92 Å². The van der Waals surface area contributed by atoms with Gasteiger partial charge in [0.05, 0.1) is 12.0 Å².